The number of amides is 1. The van der Waals surface area contributed by atoms with Crippen LogP contribution in [0.3, 0.4) is 0 Å². The fourth-order valence-corrected chi connectivity index (χ4v) is 4.48. The number of hydrogen-bond donors (Lipinski definition) is 3. The molecule has 11 nitrogen and oxygen atoms in total. The summed E-state index contributed by atoms with van der Waals surface area (Å²) in [6.07, 6.45) is 3.59. The monoisotopic (exact) mass is 485 g/mol. The number of fused-ring (bicyclic) bond motifs is 1. The molecular formula is C23H28FN7O4. The van der Waals surface area contributed by atoms with Crippen LogP contribution < -0.4 is 21.5 Å². The van der Waals surface area contributed by atoms with Crippen molar-refractivity contribution in [3.63, 3.8) is 0 Å². The van der Waals surface area contributed by atoms with Crippen LogP contribution in [0.4, 0.5) is 21.7 Å². The normalized spacial score (nSPS) is 24.1. The molecule has 1 unspecified atom stereocenters. The molecule has 1 amide bonds. The number of carbonyl (C=O) groups is 1. The highest BCUT2D eigenvalue weighted by molar-refractivity contribution is 6.00. The van der Waals surface area contributed by atoms with Crippen LogP contribution >= 0.6 is 0 Å². The lowest BCUT2D eigenvalue weighted by Gasteiger charge is -2.32. The number of ether oxygens (including phenoxy) is 2. The predicted molar refractivity (Wildman–Crippen MR) is 127 cm³/mol. The van der Waals surface area contributed by atoms with Gasteiger partial charge in [-0.15, -0.1) is 0 Å². The second-order valence-corrected chi connectivity index (χ2v) is 8.71. The van der Waals surface area contributed by atoms with Crippen molar-refractivity contribution in [1.29, 1.82) is 0 Å². The van der Waals surface area contributed by atoms with Crippen LogP contribution in [0.25, 0.3) is 5.65 Å². The summed E-state index contributed by atoms with van der Waals surface area (Å²) in [5, 5.41) is 13.1. The minimum atomic E-state index is -1.03. The van der Waals surface area contributed by atoms with Crippen LogP contribution in [-0.4, -0.2) is 70.8 Å². The zero-order valence-corrected chi connectivity index (χ0v) is 19.5. The van der Waals surface area contributed by atoms with Gasteiger partial charge < -0.3 is 30.0 Å². The Labute approximate surface area is 200 Å². The number of aromatic nitrogens is 4. The van der Waals surface area contributed by atoms with Crippen molar-refractivity contribution in [2.45, 2.75) is 43.6 Å². The van der Waals surface area contributed by atoms with E-state index in [1.54, 1.807) is 43.1 Å². The minimum Gasteiger partial charge on any atom is -0.379 e. The Morgan fingerprint density at radius 2 is 2.17 bits per heavy atom. The Morgan fingerprint density at radius 1 is 1.31 bits per heavy atom. The lowest BCUT2D eigenvalue weighted by atomic mass is 9.90. The first-order valence-electron chi connectivity index (χ1n) is 11.6. The van der Waals surface area contributed by atoms with E-state index >= 15 is 0 Å². The molecule has 0 radical (unpaired) electrons. The highest BCUT2D eigenvalue weighted by Gasteiger charge is 2.33. The Hall–Kier alpha value is -3.51. The number of hydrogen-bond acceptors (Lipinski definition) is 8. The van der Waals surface area contributed by atoms with Crippen LogP contribution in [0.1, 0.15) is 35.7 Å². The van der Waals surface area contributed by atoms with Crippen molar-refractivity contribution in [3.8, 4) is 0 Å². The van der Waals surface area contributed by atoms with E-state index in [4.69, 9.17) is 9.47 Å². The molecule has 1 saturated carbocycles. The predicted octanol–water partition coefficient (Wildman–Crippen LogP) is 1.88. The van der Waals surface area contributed by atoms with Crippen LogP contribution in [0, 0.1) is 0 Å². The van der Waals surface area contributed by atoms with Crippen molar-refractivity contribution in [3.05, 3.63) is 46.5 Å². The van der Waals surface area contributed by atoms with Gasteiger partial charge in [0.25, 0.3) is 11.5 Å². The molecule has 5 rings (SSSR count). The molecule has 1 saturated heterocycles. The molecule has 1 aliphatic heterocycles. The van der Waals surface area contributed by atoms with E-state index in [0.717, 1.165) is 0 Å². The molecule has 1 aliphatic carbocycles. The van der Waals surface area contributed by atoms with Gasteiger partial charge in [0, 0.05) is 33.0 Å². The number of carbonyl (C=O) groups excluding carboxylic acids is 1. The molecule has 0 spiro atoms. The topological polar surface area (TPSA) is 124 Å². The van der Waals surface area contributed by atoms with E-state index in [1.165, 1.54) is 10.7 Å². The highest BCUT2D eigenvalue weighted by atomic mass is 19.1. The largest absolute Gasteiger partial charge is 0.379 e. The van der Waals surface area contributed by atoms with Gasteiger partial charge in [0.15, 0.2) is 5.65 Å². The SMILES string of the molecule is CNc1cc(Nc2cccn([C@H]3CCOC[C@H]3OC)c2=O)nc2c(C(=O)NC3CC[C@H]3F)cnn12. The Bertz CT molecular complexity index is 1290. The molecule has 0 aromatic carbocycles. The van der Waals surface area contributed by atoms with E-state index in [1.807, 2.05) is 0 Å². The molecular weight excluding hydrogens is 457 g/mol. The van der Waals surface area contributed by atoms with Gasteiger partial charge >= 0.3 is 0 Å². The Balaban J connectivity index is 1.46. The molecule has 3 N–H and O–H groups in total. The van der Waals surface area contributed by atoms with Crippen molar-refractivity contribution in [2.24, 2.45) is 0 Å². The van der Waals surface area contributed by atoms with Crippen LogP contribution in [-0.2, 0) is 9.47 Å². The fraction of sp³-hybridized carbons (Fsp3) is 0.478. The third kappa shape index (κ3) is 4.34. The van der Waals surface area contributed by atoms with Crippen molar-refractivity contribution >= 4 is 28.9 Å². The number of anilines is 3. The molecule has 2 aliphatic rings. The Morgan fingerprint density at radius 3 is 2.89 bits per heavy atom. The fourth-order valence-electron chi connectivity index (χ4n) is 4.48. The summed E-state index contributed by atoms with van der Waals surface area (Å²) in [4.78, 5) is 30.6. The molecule has 4 atom stereocenters. The summed E-state index contributed by atoms with van der Waals surface area (Å²) in [5.74, 6) is 0.475. The summed E-state index contributed by atoms with van der Waals surface area (Å²) >= 11 is 0. The Kier molecular flexibility index (Phi) is 6.39. The smallest absolute Gasteiger partial charge is 0.274 e. The second-order valence-electron chi connectivity index (χ2n) is 8.71. The molecule has 35 heavy (non-hydrogen) atoms. The molecule has 3 aromatic rings. The number of methoxy groups -OCH3 is 1. The first-order chi connectivity index (χ1) is 17.0. The van der Waals surface area contributed by atoms with Gasteiger partial charge in [0.05, 0.1) is 24.9 Å². The second kappa shape index (κ2) is 9.62. The molecule has 4 heterocycles. The highest BCUT2D eigenvalue weighted by Crippen LogP contribution is 2.26. The summed E-state index contributed by atoms with van der Waals surface area (Å²) in [6, 6.07) is 4.50. The summed E-state index contributed by atoms with van der Waals surface area (Å²) in [7, 11) is 3.32. The number of nitrogens with one attached hydrogen (secondary N) is 3. The van der Waals surface area contributed by atoms with Gasteiger partial charge in [-0.25, -0.2) is 9.37 Å². The zero-order valence-electron chi connectivity index (χ0n) is 19.5. The van der Waals surface area contributed by atoms with Gasteiger partial charge in [-0.05, 0) is 31.4 Å². The van der Waals surface area contributed by atoms with Gasteiger partial charge in [-0.1, -0.05) is 0 Å². The average molecular weight is 486 g/mol. The first kappa shape index (κ1) is 23.2. The van der Waals surface area contributed by atoms with Crippen LogP contribution in [0.5, 0.6) is 0 Å². The summed E-state index contributed by atoms with van der Waals surface area (Å²) in [6.45, 7) is 0.972. The molecule has 0 bridgehead atoms. The maximum atomic E-state index is 13.7. The van der Waals surface area contributed by atoms with Crippen LogP contribution in [0.15, 0.2) is 35.4 Å². The number of rotatable bonds is 7. The van der Waals surface area contributed by atoms with E-state index in [9.17, 15) is 14.0 Å². The molecule has 12 heteroatoms. The maximum Gasteiger partial charge on any atom is 0.274 e. The standard InChI is InChI=1S/C23H28FN7O4/c1-25-20-10-19(29-21-13(11-26-31(20)21)22(32)28-15-6-5-14(15)24)27-16-4-3-8-30(23(16)33)17-7-9-35-12-18(17)34-2/h3-4,8,10-11,14-15,17-18,25H,5-7,9,12H2,1-2H3,(H,27,29)(H,28,32)/t14-,15?,17+,18-/m1/s1. The van der Waals surface area contributed by atoms with Crippen molar-refractivity contribution < 1.29 is 18.7 Å². The number of pyridine rings is 1. The van der Waals surface area contributed by atoms with Gasteiger partial charge in [-0.2, -0.15) is 9.61 Å². The summed E-state index contributed by atoms with van der Waals surface area (Å²) in [5.41, 5.74) is 0.610. The number of halogens is 1. The molecule has 186 valence electrons. The number of alkyl halides is 1. The lowest BCUT2D eigenvalue weighted by Crippen LogP contribution is -2.48. The van der Waals surface area contributed by atoms with Crippen molar-refractivity contribution in [1.82, 2.24) is 24.5 Å². The van der Waals surface area contributed by atoms with Crippen molar-refractivity contribution in [2.75, 3.05) is 38.0 Å². The van der Waals surface area contributed by atoms with Gasteiger partial charge in [0.1, 0.15) is 35.2 Å². The minimum absolute atomic E-state index is 0.151. The average Bonchev–Trinajstić information content (AvgIpc) is 3.31. The van der Waals surface area contributed by atoms with E-state index in [-0.39, 0.29) is 28.9 Å². The third-order valence-electron chi connectivity index (χ3n) is 6.65. The quantitative estimate of drug-likeness (QED) is 0.464. The zero-order chi connectivity index (χ0) is 24.5. The van der Waals surface area contributed by atoms with Gasteiger partial charge in [-0.3, -0.25) is 9.59 Å². The van der Waals surface area contributed by atoms with Gasteiger partial charge in [0.2, 0.25) is 0 Å². The van der Waals surface area contributed by atoms with Crippen LogP contribution in [0.2, 0.25) is 0 Å². The first-order valence-corrected chi connectivity index (χ1v) is 11.6. The summed E-state index contributed by atoms with van der Waals surface area (Å²) < 4.78 is 27.8. The molecule has 2 fully saturated rings. The maximum absolute atomic E-state index is 13.7. The lowest BCUT2D eigenvalue weighted by molar-refractivity contribution is -0.0609. The van der Waals surface area contributed by atoms with E-state index in [2.05, 4.69) is 26.0 Å². The third-order valence-corrected chi connectivity index (χ3v) is 6.65. The number of nitrogens with zero attached hydrogens (tertiary/aromatic N) is 4. The molecule has 3 aromatic heterocycles. The van der Waals surface area contributed by atoms with E-state index < -0.39 is 18.1 Å². The van der Waals surface area contributed by atoms with E-state index in [0.29, 0.717) is 49.8 Å².